The molecule has 0 bridgehead atoms. The van der Waals surface area contributed by atoms with Crippen LogP contribution in [0.15, 0.2) is 72.1 Å². The molecule has 304 valence electrons. The van der Waals surface area contributed by atoms with E-state index in [0.717, 1.165) is 42.5 Å². The Morgan fingerprint density at radius 2 is 1.75 bits per heavy atom. The van der Waals surface area contributed by atoms with Gasteiger partial charge in [0.1, 0.15) is 12.1 Å². The number of ketones is 1. The molecule has 2 aliphatic heterocycles. The molecule has 0 unspecified atom stereocenters. The summed E-state index contributed by atoms with van der Waals surface area (Å²) in [5.41, 5.74) is 1.28. The normalized spacial score (nSPS) is 20.7. The summed E-state index contributed by atoms with van der Waals surface area (Å²) in [5.74, 6) is -2.54. The standard InChI is InChI=1S/C43H54ClN7O6/c1-5-11-33(37(53)40(55)45-26-29-16-18-32(19-17-29)51-21-10-20-46-51)47-39(54)35-25-43(24-34(49-57-43)30-14-9-15-31(44)23-30)27-50(35)41(56)38(42(2,3)4)48-36(52)22-28-12-7-6-8-13-28/h9-10,14-21,23,28,33,35,38H,5-8,11-13,22,24-27H2,1-4H3,(H,45,55)(H,47,54)(H,48,52)/t33-,35-,38+,43+/m0/s1. The van der Waals surface area contributed by atoms with E-state index >= 15 is 0 Å². The topological polar surface area (TPSA) is 164 Å². The molecular formula is C43H54ClN7O6. The molecule has 1 aromatic heterocycles. The van der Waals surface area contributed by atoms with Crippen molar-refractivity contribution in [3.8, 4) is 5.69 Å². The fourth-order valence-corrected chi connectivity index (χ4v) is 8.27. The van der Waals surface area contributed by atoms with Gasteiger partial charge in [-0.1, -0.05) is 94.4 Å². The van der Waals surface area contributed by atoms with Crippen molar-refractivity contribution in [1.82, 2.24) is 30.6 Å². The van der Waals surface area contributed by atoms with Crippen molar-refractivity contribution in [2.24, 2.45) is 16.5 Å². The van der Waals surface area contributed by atoms with Crippen LogP contribution in [0, 0.1) is 11.3 Å². The highest BCUT2D eigenvalue weighted by Gasteiger charge is 2.55. The van der Waals surface area contributed by atoms with Crippen LogP contribution in [0.1, 0.15) is 103 Å². The van der Waals surface area contributed by atoms with Crippen molar-refractivity contribution in [3.05, 3.63) is 83.1 Å². The Bertz CT molecular complexity index is 1950. The number of likely N-dealkylation sites (tertiary alicyclic amines) is 1. The van der Waals surface area contributed by atoms with Gasteiger partial charge in [0.25, 0.3) is 5.91 Å². The monoisotopic (exact) mass is 799 g/mol. The molecule has 1 saturated carbocycles. The predicted molar refractivity (Wildman–Crippen MR) is 216 cm³/mol. The summed E-state index contributed by atoms with van der Waals surface area (Å²) in [6, 6.07) is 13.3. The van der Waals surface area contributed by atoms with E-state index in [1.54, 1.807) is 23.0 Å². The molecule has 6 rings (SSSR count). The predicted octanol–water partition coefficient (Wildman–Crippen LogP) is 5.66. The zero-order valence-electron chi connectivity index (χ0n) is 33.3. The Kier molecular flexibility index (Phi) is 13.2. The first-order valence-electron chi connectivity index (χ1n) is 20.1. The number of Topliss-reactive ketones (excluding diaryl/α,β-unsaturated/α-hetero) is 1. The maximum absolute atomic E-state index is 14.7. The summed E-state index contributed by atoms with van der Waals surface area (Å²) < 4.78 is 1.71. The molecule has 3 N–H and O–H groups in total. The smallest absolute Gasteiger partial charge is 0.289 e. The van der Waals surface area contributed by atoms with Gasteiger partial charge in [0.05, 0.1) is 24.0 Å². The molecule has 4 atom stereocenters. The summed E-state index contributed by atoms with van der Waals surface area (Å²) in [4.78, 5) is 77.0. The van der Waals surface area contributed by atoms with Crippen LogP contribution in [0.2, 0.25) is 5.02 Å². The Morgan fingerprint density at radius 1 is 1.00 bits per heavy atom. The summed E-state index contributed by atoms with van der Waals surface area (Å²) >= 11 is 6.29. The van der Waals surface area contributed by atoms with Crippen LogP contribution >= 0.6 is 11.6 Å². The minimum Gasteiger partial charge on any atom is -0.387 e. The van der Waals surface area contributed by atoms with E-state index in [1.807, 2.05) is 76.4 Å². The number of nitrogens with zero attached hydrogens (tertiary/aromatic N) is 4. The SMILES string of the molecule is CCC[C@H](NC(=O)[C@@H]1C[C@]2(CC(c3cccc(Cl)c3)=NO2)CN1C(=O)[C@@H](NC(=O)CC1CCCCC1)C(C)(C)C)C(=O)C(=O)NCc1ccc(-n2cccn2)cc1. The number of halogens is 1. The highest BCUT2D eigenvalue weighted by atomic mass is 35.5. The van der Waals surface area contributed by atoms with E-state index < -0.39 is 52.6 Å². The number of oxime groups is 1. The van der Waals surface area contributed by atoms with Crippen molar-refractivity contribution in [3.63, 3.8) is 0 Å². The third-order valence-corrected chi connectivity index (χ3v) is 11.4. The molecule has 13 nitrogen and oxygen atoms in total. The molecule has 2 fully saturated rings. The van der Waals surface area contributed by atoms with Crippen molar-refractivity contribution in [1.29, 1.82) is 0 Å². The van der Waals surface area contributed by atoms with Gasteiger partial charge in [-0.2, -0.15) is 5.10 Å². The van der Waals surface area contributed by atoms with Crippen molar-refractivity contribution in [2.45, 2.75) is 122 Å². The molecule has 57 heavy (non-hydrogen) atoms. The number of benzene rings is 2. The maximum atomic E-state index is 14.7. The van der Waals surface area contributed by atoms with E-state index in [9.17, 15) is 24.0 Å². The van der Waals surface area contributed by atoms with Gasteiger partial charge in [0.15, 0.2) is 5.60 Å². The molecular weight excluding hydrogens is 746 g/mol. The highest BCUT2D eigenvalue weighted by Crippen LogP contribution is 2.40. The minimum absolute atomic E-state index is 0.0224. The first-order chi connectivity index (χ1) is 27.2. The fraction of sp³-hybridized carbons (Fsp3) is 0.512. The minimum atomic E-state index is -1.13. The highest BCUT2D eigenvalue weighted by molar-refractivity contribution is 6.38. The second-order valence-electron chi connectivity index (χ2n) is 16.8. The van der Waals surface area contributed by atoms with E-state index in [-0.39, 0.29) is 37.8 Å². The molecule has 3 heterocycles. The number of rotatable bonds is 14. The second-order valence-corrected chi connectivity index (χ2v) is 17.2. The van der Waals surface area contributed by atoms with Gasteiger partial charge in [-0.05, 0) is 66.5 Å². The van der Waals surface area contributed by atoms with E-state index in [1.165, 1.54) is 11.3 Å². The van der Waals surface area contributed by atoms with Gasteiger partial charge in [-0.25, -0.2) is 4.68 Å². The van der Waals surface area contributed by atoms with Gasteiger partial charge in [-0.15, -0.1) is 0 Å². The molecule has 3 aromatic rings. The average molecular weight is 800 g/mol. The van der Waals surface area contributed by atoms with Crippen LogP contribution in [0.5, 0.6) is 0 Å². The van der Waals surface area contributed by atoms with Gasteiger partial charge < -0.3 is 25.7 Å². The first kappa shape index (κ1) is 41.6. The summed E-state index contributed by atoms with van der Waals surface area (Å²) in [6.45, 7) is 7.63. The van der Waals surface area contributed by atoms with E-state index in [4.69, 9.17) is 16.4 Å². The number of aromatic nitrogens is 2. The Balaban J connectivity index is 1.18. The summed E-state index contributed by atoms with van der Waals surface area (Å²) in [7, 11) is 0. The Morgan fingerprint density at radius 3 is 2.42 bits per heavy atom. The molecule has 14 heteroatoms. The van der Waals surface area contributed by atoms with Gasteiger partial charge in [-0.3, -0.25) is 24.0 Å². The van der Waals surface area contributed by atoms with Crippen LogP contribution in [-0.4, -0.2) is 80.1 Å². The quantitative estimate of drug-likeness (QED) is 0.177. The molecule has 2 aromatic carbocycles. The first-order valence-corrected chi connectivity index (χ1v) is 20.5. The summed E-state index contributed by atoms with van der Waals surface area (Å²) in [5, 5.41) is 17.7. The zero-order valence-corrected chi connectivity index (χ0v) is 34.0. The largest absolute Gasteiger partial charge is 0.387 e. The van der Waals surface area contributed by atoms with Crippen molar-refractivity contribution >= 4 is 46.7 Å². The van der Waals surface area contributed by atoms with Crippen molar-refractivity contribution < 1.29 is 28.8 Å². The molecule has 3 aliphatic rings. The molecule has 4 amide bonds. The Labute approximate surface area is 339 Å². The lowest BCUT2D eigenvalue weighted by Gasteiger charge is -2.36. The number of hydrogen-bond donors (Lipinski definition) is 3. The van der Waals surface area contributed by atoms with Gasteiger partial charge in [0, 0.05) is 48.8 Å². The third kappa shape index (κ3) is 10.3. The Hall–Kier alpha value is -5.04. The number of nitrogens with one attached hydrogen (secondary N) is 3. The molecule has 0 radical (unpaired) electrons. The second kappa shape index (κ2) is 18.0. The number of amides is 4. The average Bonchev–Trinajstić information content (AvgIpc) is 3.97. The van der Waals surface area contributed by atoms with E-state index in [2.05, 4.69) is 26.2 Å². The van der Waals surface area contributed by atoms with E-state index in [0.29, 0.717) is 30.0 Å². The van der Waals surface area contributed by atoms with Gasteiger partial charge >= 0.3 is 0 Å². The lowest BCUT2D eigenvalue weighted by atomic mass is 9.84. The number of carbonyl (C=O) groups is 5. The molecule has 1 saturated heterocycles. The fourth-order valence-electron chi connectivity index (χ4n) is 8.08. The lowest BCUT2D eigenvalue weighted by Crippen LogP contribution is -2.59. The molecule has 1 spiro atoms. The number of carbonyl (C=O) groups excluding carboxylic acids is 5. The maximum Gasteiger partial charge on any atom is 0.289 e. The number of hydrogen-bond acceptors (Lipinski definition) is 8. The van der Waals surface area contributed by atoms with Crippen LogP contribution in [0.25, 0.3) is 5.69 Å². The van der Waals surface area contributed by atoms with Crippen LogP contribution in [0.4, 0.5) is 0 Å². The molecule has 1 aliphatic carbocycles. The van der Waals surface area contributed by atoms with Crippen molar-refractivity contribution in [2.75, 3.05) is 6.54 Å². The zero-order chi connectivity index (χ0) is 40.7. The van der Waals surface area contributed by atoms with Crippen LogP contribution in [-0.2, 0) is 35.4 Å². The third-order valence-electron chi connectivity index (χ3n) is 11.2. The van der Waals surface area contributed by atoms with Crippen LogP contribution in [0.3, 0.4) is 0 Å². The van der Waals surface area contributed by atoms with Gasteiger partial charge in [0.2, 0.25) is 23.5 Å². The summed E-state index contributed by atoms with van der Waals surface area (Å²) in [6.07, 6.45) is 10.3. The van der Waals surface area contributed by atoms with Crippen LogP contribution < -0.4 is 16.0 Å². The lowest BCUT2D eigenvalue weighted by molar-refractivity contribution is -0.145.